The van der Waals surface area contributed by atoms with Crippen molar-refractivity contribution in [1.29, 1.82) is 0 Å². The maximum Gasteiger partial charge on any atom is 0.338 e. The van der Waals surface area contributed by atoms with Crippen LogP contribution in [-0.2, 0) is 12.8 Å². The number of para-hydroxylation sites is 1. The van der Waals surface area contributed by atoms with Crippen LogP contribution >= 0.6 is 11.8 Å². The predicted octanol–water partition coefficient (Wildman–Crippen LogP) is 2.96. The van der Waals surface area contributed by atoms with Gasteiger partial charge in [-0.3, -0.25) is 4.68 Å². The van der Waals surface area contributed by atoms with Crippen LogP contribution in [0.4, 0.5) is 0 Å². The number of carbonyl (C=O) groups is 1. The molecular weight excluding hydrogens is 286 g/mol. The zero-order valence-corrected chi connectivity index (χ0v) is 12.2. The third-order valence-electron chi connectivity index (χ3n) is 3.18. The number of benzene rings is 1. The largest absolute Gasteiger partial charge is 0.478 e. The van der Waals surface area contributed by atoms with Gasteiger partial charge in [0.2, 0.25) is 0 Å². The Labute approximate surface area is 125 Å². The second-order valence-corrected chi connectivity index (χ2v) is 5.50. The lowest BCUT2D eigenvalue weighted by atomic mass is 10.2. The number of pyridine rings is 1. The van der Waals surface area contributed by atoms with Crippen LogP contribution in [0.25, 0.3) is 10.9 Å². The second-order valence-electron chi connectivity index (χ2n) is 4.54. The van der Waals surface area contributed by atoms with Gasteiger partial charge in [-0.1, -0.05) is 30.0 Å². The van der Waals surface area contributed by atoms with Crippen LogP contribution in [0.5, 0.6) is 0 Å². The van der Waals surface area contributed by atoms with Crippen molar-refractivity contribution < 1.29 is 9.90 Å². The molecule has 0 radical (unpaired) electrons. The Bertz CT molecular complexity index is 814. The number of rotatable bonds is 4. The first-order valence-electron chi connectivity index (χ1n) is 6.38. The van der Waals surface area contributed by atoms with Crippen LogP contribution in [-0.4, -0.2) is 25.8 Å². The summed E-state index contributed by atoms with van der Waals surface area (Å²) in [5, 5.41) is 15.3. The van der Waals surface area contributed by atoms with Gasteiger partial charge < -0.3 is 5.11 Å². The highest BCUT2D eigenvalue weighted by Gasteiger charge is 2.13. The standard InChI is InChI=1S/C15H13N3O2S/c1-18-13-7-3-2-5-10(13)12(17-18)9-21-14-11(15(19)20)6-4-8-16-14/h2-8H,9H2,1H3,(H,19,20). The van der Waals surface area contributed by atoms with E-state index in [1.807, 2.05) is 36.0 Å². The molecule has 0 aliphatic heterocycles. The summed E-state index contributed by atoms with van der Waals surface area (Å²) in [6.45, 7) is 0. The summed E-state index contributed by atoms with van der Waals surface area (Å²) in [5.74, 6) is -0.380. The van der Waals surface area contributed by atoms with E-state index in [1.54, 1.807) is 18.3 Å². The molecule has 1 aromatic carbocycles. The minimum absolute atomic E-state index is 0.225. The van der Waals surface area contributed by atoms with Gasteiger partial charge in [-0.15, -0.1) is 0 Å². The maximum atomic E-state index is 11.2. The van der Waals surface area contributed by atoms with Crippen LogP contribution in [0.2, 0.25) is 0 Å². The molecule has 0 saturated heterocycles. The fourth-order valence-electron chi connectivity index (χ4n) is 2.20. The molecule has 0 atom stereocenters. The van der Waals surface area contributed by atoms with Crippen molar-refractivity contribution >= 4 is 28.6 Å². The third kappa shape index (κ3) is 2.62. The van der Waals surface area contributed by atoms with Crippen molar-refractivity contribution in [2.75, 3.05) is 0 Å². The minimum Gasteiger partial charge on any atom is -0.478 e. The highest BCUT2D eigenvalue weighted by Crippen LogP contribution is 2.27. The van der Waals surface area contributed by atoms with Crippen LogP contribution in [0.15, 0.2) is 47.6 Å². The summed E-state index contributed by atoms with van der Waals surface area (Å²) < 4.78 is 1.84. The van der Waals surface area contributed by atoms with Crippen molar-refractivity contribution in [2.24, 2.45) is 7.05 Å². The summed E-state index contributed by atoms with van der Waals surface area (Å²) in [7, 11) is 1.90. The van der Waals surface area contributed by atoms with E-state index in [-0.39, 0.29) is 5.56 Å². The number of carboxylic acid groups (broad SMARTS) is 1. The lowest BCUT2D eigenvalue weighted by Gasteiger charge is -2.03. The number of hydrogen-bond acceptors (Lipinski definition) is 4. The molecule has 0 fully saturated rings. The van der Waals surface area contributed by atoms with E-state index in [0.717, 1.165) is 16.6 Å². The number of carboxylic acids is 1. The molecule has 0 amide bonds. The SMILES string of the molecule is Cn1nc(CSc2ncccc2C(=O)O)c2ccccc21. The van der Waals surface area contributed by atoms with E-state index in [2.05, 4.69) is 10.1 Å². The molecule has 0 bridgehead atoms. The first-order chi connectivity index (χ1) is 10.2. The van der Waals surface area contributed by atoms with Crippen molar-refractivity contribution in [3.8, 4) is 0 Å². The van der Waals surface area contributed by atoms with Gasteiger partial charge in [-0.2, -0.15) is 5.10 Å². The molecule has 2 aromatic heterocycles. The summed E-state index contributed by atoms with van der Waals surface area (Å²) >= 11 is 1.39. The van der Waals surface area contributed by atoms with Gasteiger partial charge in [-0.05, 0) is 18.2 Å². The zero-order valence-electron chi connectivity index (χ0n) is 11.4. The maximum absolute atomic E-state index is 11.2. The molecule has 3 aromatic rings. The van der Waals surface area contributed by atoms with Gasteiger partial charge >= 0.3 is 5.97 Å². The second kappa shape index (κ2) is 5.57. The number of hydrogen-bond donors (Lipinski definition) is 1. The van der Waals surface area contributed by atoms with Gasteiger partial charge in [0.05, 0.1) is 16.8 Å². The molecule has 0 spiro atoms. The van der Waals surface area contributed by atoms with Crippen molar-refractivity contribution in [2.45, 2.75) is 10.8 Å². The Morgan fingerprint density at radius 3 is 2.90 bits per heavy atom. The van der Waals surface area contributed by atoms with E-state index < -0.39 is 5.97 Å². The highest BCUT2D eigenvalue weighted by molar-refractivity contribution is 7.98. The molecule has 6 heteroatoms. The highest BCUT2D eigenvalue weighted by atomic mass is 32.2. The fraction of sp³-hybridized carbons (Fsp3) is 0.133. The average molecular weight is 299 g/mol. The van der Waals surface area contributed by atoms with Crippen molar-refractivity contribution in [1.82, 2.24) is 14.8 Å². The van der Waals surface area contributed by atoms with E-state index in [4.69, 9.17) is 5.11 Å². The first kappa shape index (κ1) is 13.6. The van der Waals surface area contributed by atoms with Crippen molar-refractivity contribution in [3.63, 3.8) is 0 Å². The van der Waals surface area contributed by atoms with E-state index in [1.165, 1.54) is 11.8 Å². The van der Waals surface area contributed by atoms with Gasteiger partial charge in [0, 0.05) is 24.4 Å². The number of aromatic nitrogens is 3. The zero-order chi connectivity index (χ0) is 14.8. The molecule has 21 heavy (non-hydrogen) atoms. The summed E-state index contributed by atoms with van der Waals surface area (Å²) in [6, 6.07) is 11.2. The van der Waals surface area contributed by atoms with Gasteiger partial charge in [0.25, 0.3) is 0 Å². The molecule has 0 saturated carbocycles. The quantitative estimate of drug-likeness (QED) is 0.750. The van der Waals surface area contributed by atoms with E-state index in [0.29, 0.717) is 10.8 Å². The van der Waals surface area contributed by atoms with Gasteiger partial charge in [0.1, 0.15) is 5.03 Å². The molecule has 3 rings (SSSR count). The monoisotopic (exact) mass is 299 g/mol. The molecule has 2 heterocycles. The smallest absolute Gasteiger partial charge is 0.338 e. The van der Waals surface area contributed by atoms with Crippen LogP contribution in [0.3, 0.4) is 0 Å². The third-order valence-corrected chi connectivity index (χ3v) is 4.20. The van der Waals surface area contributed by atoms with E-state index in [9.17, 15) is 4.79 Å². The Morgan fingerprint density at radius 1 is 1.29 bits per heavy atom. The minimum atomic E-state index is -0.962. The van der Waals surface area contributed by atoms with Gasteiger partial charge in [-0.25, -0.2) is 9.78 Å². The number of fused-ring (bicyclic) bond motifs is 1. The summed E-state index contributed by atoms with van der Waals surface area (Å²) in [4.78, 5) is 15.3. The topological polar surface area (TPSA) is 68.0 Å². The molecule has 5 nitrogen and oxygen atoms in total. The number of thioether (sulfide) groups is 1. The number of aromatic carboxylic acids is 1. The average Bonchev–Trinajstić information content (AvgIpc) is 2.82. The Kier molecular flexibility index (Phi) is 3.62. The molecular formula is C15H13N3O2S. The van der Waals surface area contributed by atoms with Crippen molar-refractivity contribution in [3.05, 3.63) is 53.9 Å². The van der Waals surface area contributed by atoms with Crippen LogP contribution in [0.1, 0.15) is 16.1 Å². The summed E-state index contributed by atoms with van der Waals surface area (Å²) in [6.07, 6.45) is 1.60. The number of aryl methyl sites for hydroxylation is 1. The number of nitrogens with zero attached hydrogens (tertiary/aromatic N) is 3. The Morgan fingerprint density at radius 2 is 2.10 bits per heavy atom. The molecule has 106 valence electrons. The first-order valence-corrected chi connectivity index (χ1v) is 7.37. The Hall–Kier alpha value is -2.34. The molecule has 0 aliphatic rings. The Balaban J connectivity index is 1.89. The fourth-order valence-corrected chi connectivity index (χ4v) is 3.13. The lowest BCUT2D eigenvalue weighted by Crippen LogP contribution is -2.00. The predicted molar refractivity (Wildman–Crippen MR) is 81.5 cm³/mol. The van der Waals surface area contributed by atoms with Crippen LogP contribution < -0.4 is 0 Å². The molecule has 1 N–H and O–H groups in total. The van der Waals surface area contributed by atoms with Crippen LogP contribution in [0, 0.1) is 0 Å². The normalized spacial score (nSPS) is 10.9. The summed E-state index contributed by atoms with van der Waals surface area (Å²) in [5.41, 5.74) is 2.22. The molecule has 0 unspecified atom stereocenters. The lowest BCUT2D eigenvalue weighted by molar-refractivity contribution is 0.0692. The van der Waals surface area contributed by atoms with E-state index >= 15 is 0 Å². The molecule has 0 aliphatic carbocycles. The van der Waals surface area contributed by atoms with Gasteiger partial charge in [0.15, 0.2) is 0 Å².